The standard InChI is InChI=1S/C9H16.CHN/c1-2-4-8(3-1)7-9-5-6-9;1-2/h8-9H,1-7H2;1H. The molecule has 0 radical (unpaired) electrons. The first kappa shape index (κ1) is 8.59. The van der Waals surface area contributed by atoms with E-state index in [2.05, 4.69) is 6.57 Å². The van der Waals surface area contributed by atoms with Gasteiger partial charge in [-0.05, 0) is 18.3 Å². The predicted molar refractivity (Wildman–Crippen MR) is 46.0 cm³/mol. The SMILES string of the molecule is C#N.C1CCC(CC2CC2)C1. The molecule has 0 N–H and O–H groups in total. The van der Waals surface area contributed by atoms with E-state index >= 15 is 0 Å². The molecule has 2 rings (SSSR count). The zero-order chi connectivity index (χ0) is 8.10. The molecule has 0 aromatic carbocycles. The molecule has 0 aromatic heterocycles. The van der Waals surface area contributed by atoms with Gasteiger partial charge in [-0.15, -0.1) is 0 Å². The van der Waals surface area contributed by atoms with Gasteiger partial charge in [0.25, 0.3) is 0 Å². The van der Waals surface area contributed by atoms with Gasteiger partial charge in [0, 0.05) is 6.57 Å². The summed E-state index contributed by atoms with van der Waals surface area (Å²) in [7, 11) is 0. The number of rotatable bonds is 2. The van der Waals surface area contributed by atoms with Gasteiger partial charge in [0.05, 0.1) is 0 Å². The van der Waals surface area contributed by atoms with Crippen molar-refractivity contribution in [2.75, 3.05) is 0 Å². The first-order valence-electron chi connectivity index (χ1n) is 4.71. The number of hydrogen-bond donors (Lipinski definition) is 0. The Labute approximate surface area is 69.4 Å². The van der Waals surface area contributed by atoms with Gasteiger partial charge in [-0.3, -0.25) is 0 Å². The Kier molecular flexibility index (Phi) is 3.42. The quantitative estimate of drug-likeness (QED) is 0.595. The van der Waals surface area contributed by atoms with Crippen molar-refractivity contribution in [1.29, 1.82) is 5.26 Å². The molecular formula is C10H17N. The molecule has 0 saturated heterocycles. The van der Waals surface area contributed by atoms with Crippen molar-refractivity contribution in [3.63, 3.8) is 0 Å². The van der Waals surface area contributed by atoms with E-state index in [0.717, 1.165) is 5.92 Å². The van der Waals surface area contributed by atoms with Gasteiger partial charge in [-0.2, -0.15) is 0 Å². The number of nitriles is 1. The van der Waals surface area contributed by atoms with Crippen LogP contribution < -0.4 is 0 Å². The highest BCUT2D eigenvalue weighted by Gasteiger charge is 2.26. The van der Waals surface area contributed by atoms with Crippen LogP contribution in [0, 0.1) is 23.7 Å². The Balaban J connectivity index is 0.000000281. The lowest BCUT2D eigenvalue weighted by atomic mass is 10.0. The molecule has 1 heteroatoms. The maximum atomic E-state index is 6.50. The minimum Gasteiger partial charge on any atom is -0.202 e. The minimum atomic E-state index is 1.15. The average Bonchev–Trinajstić information content (AvgIpc) is 2.69. The third-order valence-corrected chi connectivity index (χ3v) is 2.84. The van der Waals surface area contributed by atoms with Gasteiger partial charge in [0.1, 0.15) is 0 Å². The molecule has 0 aliphatic heterocycles. The summed E-state index contributed by atoms with van der Waals surface area (Å²) in [6, 6.07) is 0. The van der Waals surface area contributed by atoms with Gasteiger partial charge in [-0.1, -0.05) is 38.5 Å². The van der Waals surface area contributed by atoms with Gasteiger partial charge in [0.2, 0.25) is 0 Å². The Hall–Kier alpha value is -0.510. The average molecular weight is 151 g/mol. The van der Waals surface area contributed by atoms with Crippen LogP contribution in [0.4, 0.5) is 0 Å². The van der Waals surface area contributed by atoms with E-state index in [9.17, 15) is 0 Å². The third kappa shape index (κ3) is 2.93. The predicted octanol–water partition coefficient (Wildman–Crippen LogP) is 3.12. The summed E-state index contributed by atoms with van der Waals surface area (Å²) in [6.07, 6.45) is 10.8. The van der Waals surface area contributed by atoms with Gasteiger partial charge >= 0.3 is 0 Å². The smallest absolute Gasteiger partial charge is 0.0462 e. The van der Waals surface area contributed by atoms with Crippen molar-refractivity contribution < 1.29 is 0 Å². The molecule has 0 unspecified atom stereocenters. The summed E-state index contributed by atoms with van der Waals surface area (Å²) >= 11 is 0. The van der Waals surface area contributed by atoms with Crippen molar-refractivity contribution in [2.45, 2.75) is 44.9 Å². The zero-order valence-corrected chi connectivity index (χ0v) is 7.13. The van der Waals surface area contributed by atoms with E-state index in [1.165, 1.54) is 18.8 Å². The molecule has 62 valence electrons. The molecule has 0 aromatic rings. The van der Waals surface area contributed by atoms with Crippen LogP contribution in [0.1, 0.15) is 44.9 Å². The molecule has 2 saturated carbocycles. The summed E-state index contributed by atoms with van der Waals surface area (Å²) in [5, 5.41) is 6.50. The molecule has 0 heterocycles. The lowest BCUT2D eigenvalue weighted by Crippen LogP contribution is -1.92. The fourth-order valence-electron chi connectivity index (χ4n) is 2.07. The second-order valence-corrected chi connectivity index (χ2v) is 3.83. The summed E-state index contributed by atoms with van der Waals surface area (Å²) in [4.78, 5) is 0. The fourth-order valence-corrected chi connectivity index (χ4v) is 2.07. The summed E-state index contributed by atoms with van der Waals surface area (Å²) < 4.78 is 0. The minimum absolute atomic E-state index is 1.15. The largest absolute Gasteiger partial charge is 0.202 e. The fraction of sp³-hybridized carbons (Fsp3) is 0.900. The molecule has 1 nitrogen and oxygen atoms in total. The highest BCUT2D eigenvalue weighted by molar-refractivity contribution is 4.78. The Morgan fingerprint density at radius 2 is 1.36 bits per heavy atom. The van der Waals surface area contributed by atoms with Crippen LogP contribution in [0.3, 0.4) is 0 Å². The van der Waals surface area contributed by atoms with E-state index in [1.807, 2.05) is 0 Å². The lowest BCUT2D eigenvalue weighted by molar-refractivity contribution is 0.471. The molecule has 0 amide bonds. The molecule has 2 aliphatic rings. The second kappa shape index (κ2) is 4.38. The maximum Gasteiger partial charge on any atom is 0.0462 e. The third-order valence-electron chi connectivity index (χ3n) is 2.84. The van der Waals surface area contributed by atoms with Crippen molar-refractivity contribution in [2.24, 2.45) is 11.8 Å². The van der Waals surface area contributed by atoms with Crippen LogP contribution in [0.5, 0.6) is 0 Å². The topological polar surface area (TPSA) is 23.8 Å². The summed E-state index contributed by atoms with van der Waals surface area (Å²) in [5.41, 5.74) is 0. The first-order chi connectivity index (χ1) is 5.45. The molecule has 11 heavy (non-hydrogen) atoms. The Morgan fingerprint density at radius 3 is 1.82 bits per heavy atom. The van der Waals surface area contributed by atoms with Crippen LogP contribution in [-0.4, -0.2) is 0 Å². The van der Waals surface area contributed by atoms with Crippen LogP contribution >= 0.6 is 0 Å². The lowest BCUT2D eigenvalue weighted by Gasteiger charge is -2.04. The molecule has 2 aliphatic carbocycles. The normalized spacial score (nSPS) is 24.2. The van der Waals surface area contributed by atoms with Crippen LogP contribution in [-0.2, 0) is 0 Å². The number of hydrogen-bond acceptors (Lipinski definition) is 1. The molecular weight excluding hydrogens is 134 g/mol. The van der Waals surface area contributed by atoms with Crippen LogP contribution in [0.2, 0.25) is 0 Å². The van der Waals surface area contributed by atoms with Crippen molar-refractivity contribution in [3.8, 4) is 6.57 Å². The Morgan fingerprint density at radius 1 is 0.909 bits per heavy atom. The first-order valence-corrected chi connectivity index (χ1v) is 4.71. The van der Waals surface area contributed by atoms with E-state index in [4.69, 9.17) is 5.26 Å². The zero-order valence-electron chi connectivity index (χ0n) is 7.13. The van der Waals surface area contributed by atoms with Gasteiger partial charge in [-0.25, -0.2) is 5.26 Å². The summed E-state index contributed by atoms with van der Waals surface area (Å²) in [6.45, 7) is 3.50. The maximum absolute atomic E-state index is 6.50. The van der Waals surface area contributed by atoms with E-state index in [1.54, 1.807) is 32.1 Å². The van der Waals surface area contributed by atoms with E-state index in [-0.39, 0.29) is 0 Å². The molecule has 0 bridgehead atoms. The Bertz CT molecular complexity index is 118. The van der Waals surface area contributed by atoms with E-state index < -0.39 is 0 Å². The number of nitrogens with zero attached hydrogens (tertiary/aromatic N) is 1. The van der Waals surface area contributed by atoms with Crippen LogP contribution in [0.15, 0.2) is 0 Å². The van der Waals surface area contributed by atoms with E-state index in [0.29, 0.717) is 0 Å². The summed E-state index contributed by atoms with van der Waals surface area (Å²) in [5.74, 6) is 2.32. The van der Waals surface area contributed by atoms with Crippen molar-refractivity contribution >= 4 is 0 Å². The highest BCUT2D eigenvalue weighted by atomic mass is 14.3. The van der Waals surface area contributed by atoms with Gasteiger partial charge in [0.15, 0.2) is 0 Å². The van der Waals surface area contributed by atoms with Crippen molar-refractivity contribution in [1.82, 2.24) is 0 Å². The monoisotopic (exact) mass is 151 g/mol. The second-order valence-electron chi connectivity index (χ2n) is 3.83. The highest BCUT2D eigenvalue weighted by Crippen LogP contribution is 2.40. The molecule has 2 fully saturated rings. The van der Waals surface area contributed by atoms with Crippen molar-refractivity contribution in [3.05, 3.63) is 0 Å². The molecule has 0 spiro atoms. The van der Waals surface area contributed by atoms with Gasteiger partial charge < -0.3 is 0 Å². The van der Waals surface area contributed by atoms with Crippen LogP contribution in [0.25, 0.3) is 0 Å². The molecule has 0 atom stereocenters.